The molecule has 0 saturated carbocycles. The van der Waals surface area contributed by atoms with Crippen LogP contribution in [0.4, 0.5) is 4.79 Å². The number of amides is 3. The number of hydrogen-bond acceptors (Lipinski definition) is 5. The number of rotatable bonds is 8. The summed E-state index contributed by atoms with van der Waals surface area (Å²) >= 11 is 3.06. The standard InChI is InChI=1S/C16H21N3O4S2/c20-13(17-7-9-5-6-12(25-9)15(21)22)4-2-1-3-11-14-10(8-24-11)18-16(23)19-14/h5-6,10-11,14H,1-4,7-8H2,(H,17,20)(H,21,22)(H2,18,19,23)/t10-,11-,14-/m0/s1. The number of aromatic carboxylic acids is 1. The van der Waals surface area contributed by atoms with Crippen LogP contribution in [0.15, 0.2) is 12.1 Å². The van der Waals surface area contributed by atoms with Gasteiger partial charge in [-0.3, -0.25) is 4.79 Å². The van der Waals surface area contributed by atoms with Gasteiger partial charge in [0, 0.05) is 22.3 Å². The number of carboxylic acid groups (broad SMARTS) is 1. The first-order valence-corrected chi connectivity index (χ1v) is 10.2. The van der Waals surface area contributed by atoms with Crippen molar-refractivity contribution in [1.82, 2.24) is 16.0 Å². The largest absolute Gasteiger partial charge is 0.477 e. The SMILES string of the molecule is O=C(CCCC[C@@H]1SC[C@@H]2NC(=O)N[C@@H]21)NCc1ccc(C(=O)O)s1. The zero-order valence-electron chi connectivity index (χ0n) is 13.6. The summed E-state index contributed by atoms with van der Waals surface area (Å²) in [7, 11) is 0. The molecule has 1 aromatic heterocycles. The van der Waals surface area contributed by atoms with E-state index in [9.17, 15) is 14.4 Å². The normalized spacial score (nSPS) is 24.5. The fraction of sp³-hybridized carbons (Fsp3) is 0.562. The lowest BCUT2D eigenvalue weighted by Gasteiger charge is -2.16. The van der Waals surface area contributed by atoms with E-state index in [1.807, 2.05) is 11.8 Å². The quantitative estimate of drug-likeness (QED) is 0.404. The van der Waals surface area contributed by atoms with Crippen LogP contribution in [-0.4, -0.2) is 46.1 Å². The Bertz CT molecular complexity index is 664. The van der Waals surface area contributed by atoms with Crippen molar-refractivity contribution in [1.29, 1.82) is 0 Å². The summed E-state index contributed by atoms with van der Waals surface area (Å²) < 4.78 is 0. The summed E-state index contributed by atoms with van der Waals surface area (Å²) in [5.74, 6) is -0.00503. The van der Waals surface area contributed by atoms with E-state index < -0.39 is 5.97 Å². The van der Waals surface area contributed by atoms with E-state index >= 15 is 0 Å². The zero-order chi connectivity index (χ0) is 17.8. The average Bonchev–Trinajstić information content (AvgIpc) is 3.26. The second kappa shape index (κ2) is 8.09. The summed E-state index contributed by atoms with van der Waals surface area (Å²) in [4.78, 5) is 35.2. The number of nitrogens with one attached hydrogen (secondary N) is 3. The number of hydrogen-bond donors (Lipinski definition) is 4. The molecule has 2 aliphatic rings. The van der Waals surface area contributed by atoms with Gasteiger partial charge < -0.3 is 21.1 Å². The molecule has 0 aliphatic carbocycles. The first-order chi connectivity index (χ1) is 12.0. The van der Waals surface area contributed by atoms with Gasteiger partial charge in [-0.2, -0.15) is 11.8 Å². The molecule has 9 heteroatoms. The molecule has 3 rings (SSSR count). The van der Waals surface area contributed by atoms with E-state index in [2.05, 4.69) is 16.0 Å². The van der Waals surface area contributed by atoms with Crippen molar-refractivity contribution in [3.05, 3.63) is 21.9 Å². The van der Waals surface area contributed by atoms with Crippen LogP contribution in [0.25, 0.3) is 0 Å². The average molecular weight is 383 g/mol. The number of carbonyl (C=O) groups is 3. The second-order valence-corrected chi connectivity index (χ2v) is 8.66. The number of carboxylic acids is 1. The van der Waals surface area contributed by atoms with Gasteiger partial charge in [0.1, 0.15) is 4.88 Å². The number of unbranched alkanes of at least 4 members (excludes halogenated alkanes) is 1. The Morgan fingerprint density at radius 2 is 2.12 bits per heavy atom. The minimum Gasteiger partial charge on any atom is -0.477 e. The lowest BCUT2D eigenvalue weighted by molar-refractivity contribution is -0.121. The highest BCUT2D eigenvalue weighted by Gasteiger charge is 2.42. The highest BCUT2D eigenvalue weighted by molar-refractivity contribution is 8.00. The van der Waals surface area contributed by atoms with E-state index in [0.29, 0.717) is 18.2 Å². The Balaban J connectivity index is 1.30. The first kappa shape index (κ1) is 18.1. The molecule has 3 amide bonds. The molecule has 0 bridgehead atoms. The topological polar surface area (TPSA) is 108 Å². The first-order valence-electron chi connectivity index (χ1n) is 8.30. The molecule has 0 aromatic carbocycles. The van der Waals surface area contributed by atoms with Crippen molar-refractivity contribution in [2.75, 3.05) is 5.75 Å². The molecule has 3 heterocycles. The highest BCUT2D eigenvalue weighted by Crippen LogP contribution is 2.33. The van der Waals surface area contributed by atoms with Crippen LogP contribution in [0, 0.1) is 0 Å². The summed E-state index contributed by atoms with van der Waals surface area (Å²) in [6.07, 6.45) is 3.22. The monoisotopic (exact) mass is 383 g/mol. The molecule has 25 heavy (non-hydrogen) atoms. The van der Waals surface area contributed by atoms with E-state index in [-0.39, 0.29) is 28.9 Å². The Morgan fingerprint density at radius 3 is 2.88 bits per heavy atom. The van der Waals surface area contributed by atoms with Gasteiger partial charge in [0.15, 0.2) is 0 Å². The molecule has 7 nitrogen and oxygen atoms in total. The number of thiophene rings is 1. The van der Waals surface area contributed by atoms with E-state index in [0.717, 1.165) is 29.9 Å². The van der Waals surface area contributed by atoms with E-state index in [1.54, 1.807) is 12.1 Å². The van der Waals surface area contributed by atoms with Gasteiger partial charge in [-0.1, -0.05) is 6.42 Å². The summed E-state index contributed by atoms with van der Waals surface area (Å²) in [5, 5.41) is 18.0. The Hall–Kier alpha value is -1.74. The molecule has 4 N–H and O–H groups in total. The molecule has 3 atom stereocenters. The second-order valence-electron chi connectivity index (χ2n) is 6.22. The minimum absolute atomic E-state index is 0.0157. The third-order valence-electron chi connectivity index (χ3n) is 4.41. The summed E-state index contributed by atoms with van der Waals surface area (Å²) in [5.41, 5.74) is 0. The molecule has 1 aromatic rings. The van der Waals surface area contributed by atoms with Crippen LogP contribution in [0.3, 0.4) is 0 Å². The van der Waals surface area contributed by atoms with Crippen LogP contribution in [0.1, 0.15) is 40.2 Å². The maximum absolute atomic E-state index is 11.9. The van der Waals surface area contributed by atoms with Crippen molar-refractivity contribution in [2.24, 2.45) is 0 Å². The third-order valence-corrected chi connectivity index (χ3v) is 6.99. The maximum atomic E-state index is 11.9. The Kier molecular flexibility index (Phi) is 5.85. The number of urea groups is 1. The molecular formula is C16H21N3O4S2. The fourth-order valence-electron chi connectivity index (χ4n) is 3.14. The van der Waals surface area contributed by atoms with Crippen molar-refractivity contribution in [3.8, 4) is 0 Å². The molecule has 2 fully saturated rings. The van der Waals surface area contributed by atoms with Crippen molar-refractivity contribution in [3.63, 3.8) is 0 Å². The number of thioether (sulfide) groups is 1. The van der Waals surface area contributed by atoms with Crippen LogP contribution >= 0.6 is 23.1 Å². The maximum Gasteiger partial charge on any atom is 0.345 e. The lowest BCUT2D eigenvalue weighted by Crippen LogP contribution is -2.36. The molecular weight excluding hydrogens is 362 g/mol. The third kappa shape index (κ3) is 4.66. The predicted octanol–water partition coefficient (Wildman–Crippen LogP) is 1.79. The minimum atomic E-state index is -0.941. The van der Waals surface area contributed by atoms with Crippen LogP contribution in [0.5, 0.6) is 0 Å². The Labute approximate surface area is 153 Å². The van der Waals surface area contributed by atoms with Gasteiger partial charge in [-0.05, 0) is 25.0 Å². The number of fused-ring (bicyclic) bond motifs is 1. The molecule has 2 aliphatic heterocycles. The molecule has 0 spiro atoms. The summed E-state index contributed by atoms with van der Waals surface area (Å²) in [6, 6.07) is 3.67. The smallest absolute Gasteiger partial charge is 0.345 e. The number of carbonyl (C=O) groups excluding carboxylic acids is 2. The molecule has 0 unspecified atom stereocenters. The molecule has 2 saturated heterocycles. The zero-order valence-corrected chi connectivity index (χ0v) is 15.3. The van der Waals surface area contributed by atoms with Gasteiger partial charge in [0.25, 0.3) is 0 Å². The van der Waals surface area contributed by atoms with E-state index in [4.69, 9.17) is 5.11 Å². The molecule has 136 valence electrons. The van der Waals surface area contributed by atoms with Crippen LogP contribution in [0.2, 0.25) is 0 Å². The van der Waals surface area contributed by atoms with Gasteiger partial charge in [0.2, 0.25) is 5.91 Å². The van der Waals surface area contributed by atoms with Crippen molar-refractivity contribution < 1.29 is 19.5 Å². The Morgan fingerprint density at radius 1 is 1.28 bits per heavy atom. The van der Waals surface area contributed by atoms with Crippen molar-refractivity contribution in [2.45, 2.75) is 49.6 Å². The lowest BCUT2D eigenvalue weighted by atomic mass is 10.0. The van der Waals surface area contributed by atoms with E-state index in [1.165, 1.54) is 11.3 Å². The van der Waals surface area contributed by atoms with Gasteiger partial charge in [-0.25, -0.2) is 9.59 Å². The van der Waals surface area contributed by atoms with Crippen LogP contribution < -0.4 is 16.0 Å². The fourth-order valence-corrected chi connectivity index (χ4v) is 5.47. The van der Waals surface area contributed by atoms with Gasteiger partial charge in [0.05, 0.1) is 18.6 Å². The van der Waals surface area contributed by atoms with Gasteiger partial charge in [-0.15, -0.1) is 11.3 Å². The summed E-state index contributed by atoms with van der Waals surface area (Å²) in [6.45, 7) is 0.372. The highest BCUT2D eigenvalue weighted by atomic mass is 32.2. The molecule has 0 radical (unpaired) electrons. The predicted molar refractivity (Wildman–Crippen MR) is 97.1 cm³/mol. The van der Waals surface area contributed by atoms with Gasteiger partial charge >= 0.3 is 12.0 Å². The van der Waals surface area contributed by atoms with Crippen LogP contribution in [-0.2, 0) is 11.3 Å². The van der Waals surface area contributed by atoms with Crippen molar-refractivity contribution >= 4 is 41.0 Å².